The van der Waals surface area contributed by atoms with Crippen LogP contribution in [0.5, 0.6) is 0 Å². The van der Waals surface area contributed by atoms with E-state index >= 15 is 0 Å². The number of aliphatic hydroxyl groups is 7. The number of hydrogen-bond acceptors (Lipinski definition) is 14. The van der Waals surface area contributed by atoms with Crippen LogP contribution in [-0.4, -0.2) is 142 Å². The lowest BCUT2D eigenvalue weighted by atomic mass is 9.98. The summed E-state index contributed by atoms with van der Waals surface area (Å²) in [6.07, 6.45) is 43.8. The van der Waals surface area contributed by atoms with Crippen LogP contribution in [0.2, 0.25) is 0 Å². The molecule has 7 N–H and O–H groups in total. The van der Waals surface area contributed by atoms with Crippen molar-refractivity contribution in [1.82, 2.24) is 0 Å². The van der Waals surface area contributed by atoms with Gasteiger partial charge in [-0.15, -0.1) is 0 Å². The monoisotopic (exact) mass is 1060 g/mol. The molecule has 0 spiro atoms. The first-order valence-electron chi connectivity index (χ1n) is 29.5. The molecule has 0 radical (unpaired) electrons. The van der Waals surface area contributed by atoms with Gasteiger partial charge in [-0.25, -0.2) is 0 Å². The van der Waals surface area contributed by atoms with Crippen LogP contribution in [0.15, 0.2) is 72.9 Å². The molecule has 2 saturated heterocycles. The Balaban J connectivity index is 1.72. The first-order valence-corrected chi connectivity index (χ1v) is 29.5. The zero-order chi connectivity index (χ0) is 54.4. The number of carbonyl (C=O) groups is 1. The Hall–Kier alpha value is -2.57. The summed E-state index contributed by atoms with van der Waals surface area (Å²) in [6.45, 7) is 3.55. The van der Waals surface area contributed by atoms with Crippen molar-refractivity contribution in [3.8, 4) is 0 Å². The summed E-state index contributed by atoms with van der Waals surface area (Å²) in [5, 5.41) is 72.4. The van der Waals surface area contributed by atoms with E-state index in [1.807, 2.05) is 0 Å². The summed E-state index contributed by atoms with van der Waals surface area (Å²) >= 11 is 0. The van der Waals surface area contributed by atoms with Crippen molar-refractivity contribution in [3.05, 3.63) is 72.9 Å². The van der Waals surface area contributed by atoms with E-state index < -0.39 is 80.7 Å². The van der Waals surface area contributed by atoms with Gasteiger partial charge in [-0.2, -0.15) is 0 Å². The largest absolute Gasteiger partial charge is 0.457 e. The fourth-order valence-corrected chi connectivity index (χ4v) is 8.95. The second kappa shape index (κ2) is 47.4. The molecular formula is C61H106O14. The topological polar surface area (TPSA) is 214 Å². The van der Waals surface area contributed by atoms with Gasteiger partial charge in [0.2, 0.25) is 0 Å². The van der Waals surface area contributed by atoms with Gasteiger partial charge >= 0.3 is 5.97 Å². The number of ether oxygens (including phenoxy) is 6. The van der Waals surface area contributed by atoms with Crippen LogP contribution >= 0.6 is 0 Å². The van der Waals surface area contributed by atoms with Crippen molar-refractivity contribution in [3.63, 3.8) is 0 Å². The highest BCUT2D eigenvalue weighted by molar-refractivity contribution is 5.69. The van der Waals surface area contributed by atoms with E-state index in [1.165, 1.54) is 96.3 Å². The molecule has 2 rings (SSSR count). The maximum atomic E-state index is 13.1. The van der Waals surface area contributed by atoms with Gasteiger partial charge < -0.3 is 64.2 Å². The minimum Gasteiger partial charge on any atom is -0.457 e. The average molecular weight is 1060 g/mol. The third-order valence-electron chi connectivity index (χ3n) is 13.7. The first kappa shape index (κ1) is 68.5. The molecule has 0 aromatic carbocycles. The number of carbonyl (C=O) groups excluding carboxylic acids is 1. The molecule has 2 heterocycles. The lowest BCUT2D eigenvalue weighted by Crippen LogP contribution is -2.61. The van der Waals surface area contributed by atoms with Gasteiger partial charge in [0, 0.05) is 13.0 Å². The summed E-state index contributed by atoms with van der Waals surface area (Å²) < 4.78 is 34.4. The third-order valence-corrected chi connectivity index (χ3v) is 13.7. The van der Waals surface area contributed by atoms with Gasteiger partial charge in [-0.3, -0.25) is 4.79 Å². The highest BCUT2D eigenvalue weighted by Crippen LogP contribution is 2.26. The van der Waals surface area contributed by atoms with E-state index in [-0.39, 0.29) is 25.6 Å². The lowest BCUT2D eigenvalue weighted by molar-refractivity contribution is -0.332. The molecule has 11 atom stereocenters. The zero-order valence-electron chi connectivity index (χ0n) is 46.5. The predicted octanol–water partition coefficient (Wildman–Crippen LogP) is 10.6. The Morgan fingerprint density at radius 2 is 0.867 bits per heavy atom. The summed E-state index contributed by atoms with van der Waals surface area (Å²) in [6, 6.07) is 0. The van der Waals surface area contributed by atoms with Gasteiger partial charge in [0.1, 0.15) is 54.9 Å². The van der Waals surface area contributed by atoms with Crippen LogP contribution in [0.4, 0.5) is 0 Å². The Morgan fingerprint density at radius 1 is 0.453 bits per heavy atom. The Morgan fingerprint density at radius 3 is 1.36 bits per heavy atom. The first-order chi connectivity index (χ1) is 36.6. The zero-order valence-corrected chi connectivity index (χ0v) is 46.5. The predicted molar refractivity (Wildman–Crippen MR) is 298 cm³/mol. The molecule has 2 aliphatic rings. The molecule has 0 saturated carbocycles. The van der Waals surface area contributed by atoms with Crippen molar-refractivity contribution >= 4 is 5.97 Å². The SMILES string of the molecule is CC/C=C\C/C=C\C/C=C\CCCCCCCCCCOCC(COC1OC(COC2OC(CO)C(O)C(O)C2O)C(O)C(O)C1O)OC(=O)CCCCCCCCCC/C=C\C/C=C\C/C=C\CCCCCCC. The van der Waals surface area contributed by atoms with E-state index in [0.29, 0.717) is 13.0 Å². The van der Waals surface area contributed by atoms with Gasteiger partial charge in [0.05, 0.1) is 26.4 Å². The third kappa shape index (κ3) is 34.1. The molecule has 11 unspecified atom stereocenters. The normalized spacial score (nSPS) is 25.1. The Kier molecular flexibility index (Phi) is 43.3. The smallest absolute Gasteiger partial charge is 0.306 e. The number of rotatable bonds is 47. The molecule has 14 nitrogen and oxygen atoms in total. The Labute approximate surface area is 453 Å². The van der Waals surface area contributed by atoms with Crippen molar-refractivity contribution in [1.29, 1.82) is 0 Å². The molecule has 0 bridgehead atoms. The van der Waals surface area contributed by atoms with Crippen molar-refractivity contribution in [2.45, 2.75) is 274 Å². The van der Waals surface area contributed by atoms with Crippen LogP contribution in [0.25, 0.3) is 0 Å². The van der Waals surface area contributed by atoms with Crippen LogP contribution in [-0.2, 0) is 33.2 Å². The molecule has 14 heteroatoms. The van der Waals surface area contributed by atoms with E-state index in [1.54, 1.807) is 0 Å². The van der Waals surface area contributed by atoms with Crippen LogP contribution in [0.3, 0.4) is 0 Å². The van der Waals surface area contributed by atoms with Gasteiger partial charge in [-0.05, 0) is 83.5 Å². The molecule has 2 aliphatic heterocycles. The van der Waals surface area contributed by atoms with Gasteiger partial charge in [0.15, 0.2) is 12.6 Å². The maximum Gasteiger partial charge on any atom is 0.306 e. The number of allylic oxidation sites excluding steroid dienone is 12. The highest BCUT2D eigenvalue weighted by atomic mass is 16.7. The van der Waals surface area contributed by atoms with E-state index in [4.69, 9.17) is 28.4 Å². The summed E-state index contributed by atoms with van der Waals surface area (Å²) in [5.41, 5.74) is 0. The van der Waals surface area contributed by atoms with Gasteiger partial charge in [-0.1, -0.05) is 189 Å². The number of unbranched alkanes of at least 4 members (excludes halogenated alkanes) is 21. The van der Waals surface area contributed by atoms with E-state index in [2.05, 4.69) is 86.8 Å². The number of hydrogen-bond donors (Lipinski definition) is 7. The molecule has 2 fully saturated rings. The molecule has 0 aromatic heterocycles. The minimum atomic E-state index is -1.71. The summed E-state index contributed by atoms with van der Waals surface area (Å²) in [4.78, 5) is 13.1. The minimum absolute atomic E-state index is 0.0501. The highest BCUT2D eigenvalue weighted by Gasteiger charge is 2.47. The molecule has 0 aromatic rings. The second-order valence-corrected chi connectivity index (χ2v) is 20.4. The summed E-state index contributed by atoms with van der Waals surface area (Å²) in [5.74, 6) is -0.387. The van der Waals surface area contributed by atoms with Gasteiger partial charge in [0.25, 0.3) is 0 Å². The van der Waals surface area contributed by atoms with E-state index in [9.17, 15) is 40.5 Å². The van der Waals surface area contributed by atoms with Crippen LogP contribution < -0.4 is 0 Å². The summed E-state index contributed by atoms with van der Waals surface area (Å²) in [7, 11) is 0. The van der Waals surface area contributed by atoms with Crippen LogP contribution in [0, 0.1) is 0 Å². The number of esters is 1. The van der Waals surface area contributed by atoms with Crippen molar-refractivity contribution in [2.75, 3.05) is 33.0 Å². The standard InChI is InChI=1S/C61H106O14/c1-3-5-7-9-11-13-15-17-19-21-23-24-25-26-27-28-30-32-34-36-38-40-42-44-53(63)73-50(47-70-45-43-41-39-37-35-33-31-29-22-20-18-16-14-12-10-8-6-4-2)48-71-60-59(69)57(67)55(65)52(75-60)49-72-61-58(68)56(66)54(64)51(46-62)74-61/h6,8,12,14-15,17-18,20-21,23,25-26,50-52,54-62,64-69H,3-5,7,9-11,13,16,19,22,24,27-49H2,1-2H3/b8-6-,14-12-,17-15-,20-18-,23-21-,26-25-. The van der Waals surface area contributed by atoms with Crippen molar-refractivity contribution in [2.24, 2.45) is 0 Å². The average Bonchev–Trinajstić information content (AvgIpc) is 3.41. The second-order valence-electron chi connectivity index (χ2n) is 20.4. The fourth-order valence-electron chi connectivity index (χ4n) is 8.95. The Bertz CT molecular complexity index is 1510. The maximum absolute atomic E-state index is 13.1. The quantitative estimate of drug-likeness (QED) is 0.0172. The molecule has 0 aliphatic carbocycles. The lowest BCUT2D eigenvalue weighted by Gasteiger charge is -2.42. The van der Waals surface area contributed by atoms with Crippen molar-refractivity contribution < 1.29 is 69.0 Å². The fraction of sp³-hybridized carbons (Fsp3) is 0.787. The van der Waals surface area contributed by atoms with Crippen LogP contribution in [0.1, 0.15) is 206 Å². The molecule has 0 amide bonds. The molecule has 434 valence electrons. The van der Waals surface area contributed by atoms with E-state index in [0.717, 1.165) is 83.5 Å². The molecular weight excluding hydrogens is 957 g/mol. The molecule has 75 heavy (non-hydrogen) atoms. The number of aliphatic hydroxyl groups excluding tert-OH is 7.